The molecule has 12 heavy (non-hydrogen) atoms. The zero-order valence-corrected chi connectivity index (χ0v) is 7.16. The van der Waals surface area contributed by atoms with Crippen molar-refractivity contribution < 1.29 is 4.74 Å². The summed E-state index contributed by atoms with van der Waals surface area (Å²) >= 11 is 0. The third-order valence-corrected chi connectivity index (χ3v) is 2.42. The smallest absolute Gasteiger partial charge is 0.0744 e. The summed E-state index contributed by atoms with van der Waals surface area (Å²) in [7, 11) is 0. The highest BCUT2D eigenvalue weighted by molar-refractivity contribution is 5.31. The fourth-order valence-electron chi connectivity index (χ4n) is 1.57. The standard InChI is InChI=1S/C10H13NO/c1-7-10(11)9-5-3-2-4-8(9)6-12-7/h2-5,7,10H,6,11H2,1H3. The third kappa shape index (κ3) is 1.13. The van der Waals surface area contributed by atoms with Crippen molar-refractivity contribution in [1.29, 1.82) is 0 Å². The minimum Gasteiger partial charge on any atom is -0.372 e. The molecule has 2 heteroatoms. The lowest BCUT2D eigenvalue weighted by Gasteiger charge is -2.28. The number of fused-ring (bicyclic) bond motifs is 1. The number of ether oxygens (including phenoxy) is 1. The third-order valence-electron chi connectivity index (χ3n) is 2.42. The molecule has 0 saturated carbocycles. The Bertz CT molecular complexity index is 285. The summed E-state index contributed by atoms with van der Waals surface area (Å²) in [5.41, 5.74) is 8.42. The molecule has 0 spiro atoms. The lowest BCUT2D eigenvalue weighted by Crippen LogP contribution is -2.31. The van der Waals surface area contributed by atoms with Gasteiger partial charge >= 0.3 is 0 Å². The summed E-state index contributed by atoms with van der Waals surface area (Å²) in [5.74, 6) is 0. The second-order valence-electron chi connectivity index (χ2n) is 3.24. The van der Waals surface area contributed by atoms with Gasteiger partial charge in [0.05, 0.1) is 18.8 Å². The average Bonchev–Trinajstić information content (AvgIpc) is 2.12. The molecular formula is C10H13NO. The predicted molar refractivity (Wildman–Crippen MR) is 47.6 cm³/mol. The topological polar surface area (TPSA) is 35.2 Å². The second kappa shape index (κ2) is 2.88. The SMILES string of the molecule is CC1OCc2ccccc2C1N. The molecule has 2 N–H and O–H groups in total. The monoisotopic (exact) mass is 163 g/mol. The number of nitrogens with two attached hydrogens (primary N) is 1. The Kier molecular flexibility index (Phi) is 1.87. The molecule has 1 aliphatic rings. The highest BCUT2D eigenvalue weighted by atomic mass is 16.5. The summed E-state index contributed by atoms with van der Waals surface area (Å²) in [6.45, 7) is 2.71. The zero-order valence-electron chi connectivity index (χ0n) is 7.16. The van der Waals surface area contributed by atoms with Crippen LogP contribution in [0.15, 0.2) is 24.3 Å². The molecule has 2 nitrogen and oxygen atoms in total. The Labute approximate surface area is 72.3 Å². The minimum atomic E-state index is 0.0370. The van der Waals surface area contributed by atoms with Crippen molar-refractivity contribution >= 4 is 0 Å². The molecule has 0 radical (unpaired) electrons. The van der Waals surface area contributed by atoms with Crippen LogP contribution in [-0.2, 0) is 11.3 Å². The van der Waals surface area contributed by atoms with Gasteiger partial charge in [-0.3, -0.25) is 0 Å². The highest BCUT2D eigenvalue weighted by Gasteiger charge is 2.22. The van der Waals surface area contributed by atoms with Crippen LogP contribution in [0.2, 0.25) is 0 Å². The van der Waals surface area contributed by atoms with Crippen molar-refractivity contribution in [1.82, 2.24) is 0 Å². The molecule has 0 aliphatic carbocycles. The summed E-state index contributed by atoms with van der Waals surface area (Å²) in [6, 6.07) is 8.23. The fraction of sp³-hybridized carbons (Fsp3) is 0.400. The largest absolute Gasteiger partial charge is 0.372 e. The van der Waals surface area contributed by atoms with E-state index in [4.69, 9.17) is 10.5 Å². The van der Waals surface area contributed by atoms with Crippen LogP contribution in [-0.4, -0.2) is 6.10 Å². The van der Waals surface area contributed by atoms with Crippen LogP contribution < -0.4 is 5.73 Å². The summed E-state index contributed by atoms with van der Waals surface area (Å²) in [5, 5.41) is 0. The first kappa shape index (κ1) is 7.77. The van der Waals surface area contributed by atoms with E-state index in [1.165, 1.54) is 11.1 Å². The zero-order chi connectivity index (χ0) is 8.55. The Balaban J connectivity index is 2.42. The van der Waals surface area contributed by atoms with Crippen LogP contribution in [0.3, 0.4) is 0 Å². The van der Waals surface area contributed by atoms with E-state index in [1.807, 2.05) is 19.1 Å². The number of hydrogen-bond acceptors (Lipinski definition) is 2. The van der Waals surface area contributed by atoms with Gasteiger partial charge in [0.25, 0.3) is 0 Å². The van der Waals surface area contributed by atoms with Gasteiger partial charge in [-0.2, -0.15) is 0 Å². The quantitative estimate of drug-likeness (QED) is 0.630. The summed E-state index contributed by atoms with van der Waals surface area (Å²) < 4.78 is 5.49. The van der Waals surface area contributed by atoms with Crippen LogP contribution in [0.1, 0.15) is 24.1 Å². The molecule has 0 fully saturated rings. The molecule has 2 rings (SSSR count). The maximum absolute atomic E-state index is 5.96. The lowest BCUT2D eigenvalue weighted by molar-refractivity contribution is 0.0214. The van der Waals surface area contributed by atoms with E-state index in [9.17, 15) is 0 Å². The van der Waals surface area contributed by atoms with E-state index in [-0.39, 0.29) is 12.1 Å². The molecule has 2 atom stereocenters. The van der Waals surface area contributed by atoms with E-state index in [0.717, 1.165) is 0 Å². The van der Waals surface area contributed by atoms with Crippen molar-refractivity contribution in [2.24, 2.45) is 5.73 Å². The first-order chi connectivity index (χ1) is 5.79. The van der Waals surface area contributed by atoms with Crippen molar-refractivity contribution in [2.45, 2.75) is 25.7 Å². The van der Waals surface area contributed by atoms with E-state index in [0.29, 0.717) is 6.61 Å². The van der Waals surface area contributed by atoms with Crippen molar-refractivity contribution in [3.05, 3.63) is 35.4 Å². The van der Waals surface area contributed by atoms with Crippen LogP contribution in [0.5, 0.6) is 0 Å². The lowest BCUT2D eigenvalue weighted by atomic mass is 9.95. The molecule has 0 amide bonds. The maximum Gasteiger partial charge on any atom is 0.0744 e. The molecule has 0 aromatic heterocycles. The second-order valence-corrected chi connectivity index (χ2v) is 3.24. The Hall–Kier alpha value is -0.860. The van der Waals surface area contributed by atoms with Gasteiger partial charge in [0.15, 0.2) is 0 Å². The van der Waals surface area contributed by atoms with Gasteiger partial charge in [-0.25, -0.2) is 0 Å². The summed E-state index contributed by atoms with van der Waals surface area (Å²) in [4.78, 5) is 0. The normalized spacial score (nSPS) is 28.2. The first-order valence-corrected chi connectivity index (χ1v) is 4.24. The van der Waals surface area contributed by atoms with Gasteiger partial charge < -0.3 is 10.5 Å². The van der Waals surface area contributed by atoms with Crippen molar-refractivity contribution in [3.8, 4) is 0 Å². The number of rotatable bonds is 0. The van der Waals surface area contributed by atoms with Crippen LogP contribution in [0, 0.1) is 0 Å². The molecule has 2 unspecified atom stereocenters. The predicted octanol–water partition coefficient (Wildman–Crippen LogP) is 1.61. The van der Waals surface area contributed by atoms with Gasteiger partial charge in [-0.15, -0.1) is 0 Å². The van der Waals surface area contributed by atoms with Crippen LogP contribution in [0.25, 0.3) is 0 Å². The molecule has 1 aliphatic heterocycles. The molecular weight excluding hydrogens is 150 g/mol. The van der Waals surface area contributed by atoms with Gasteiger partial charge in [0.1, 0.15) is 0 Å². The Morgan fingerprint density at radius 1 is 1.42 bits per heavy atom. The molecule has 0 bridgehead atoms. The molecule has 1 aromatic rings. The van der Waals surface area contributed by atoms with E-state index in [2.05, 4.69) is 12.1 Å². The van der Waals surface area contributed by atoms with E-state index >= 15 is 0 Å². The molecule has 1 aromatic carbocycles. The van der Waals surface area contributed by atoms with Gasteiger partial charge in [-0.1, -0.05) is 24.3 Å². The fourth-order valence-corrected chi connectivity index (χ4v) is 1.57. The molecule has 64 valence electrons. The van der Waals surface area contributed by atoms with Crippen LogP contribution >= 0.6 is 0 Å². The van der Waals surface area contributed by atoms with Crippen molar-refractivity contribution in [3.63, 3.8) is 0 Å². The van der Waals surface area contributed by atoms with Crippen LogP contribution in [0.4, 0.5) is 0 Å². The van der Waals surface area contributed by atoms with E-state index < -0.39 is 0 Å². The molecule has 1 heterocycles. The maximum atomic E-state index is 5.96. The van der Waals surface area contributed by atoms with Gasteiger partial charge in [0.2, 0.25) is 0 Å². The van der Waals surface area contributed by atoms with Crippen molar-refractivity contribution in [2.75, 3.05) is 0 Å². The Morgan fingerprint density at radius 3 is 3.00 bits per heavy atom. The Morgan fingerprint density at radius 2 is 2.17 bits per heavy atom. The van der Waals surface area contributed by atoms with Gasteiger partial charge in [-0.05, 0) is 18.1 Å². The molecule has 0 saturated heterocycles. The van der Waals surface area contributed by atoms with Gasteiger partial charge in [0, 0.05) is 0 Å². The highest BCUT2D eigenvalue weighted by Crippen LogP contribution is 2.26. The number of hydrogen-bond donors (Lipinski definition) is 1. The minimum absolute atomic E-state index is 0.0370. The summed E-state index contributed by atoms with van der Waals surface area (Å²) in [6.07, 6.45) is 0.139. The number of benzene rings is 1. The van der Waals surface area contributed by atoms with E-state index in [1.54, 1.807) is 0 Å². The average molecular weight is 163 g/mol. The first-order valence-electron chi connectivity index (χ1n) is 4.24.